The predicted octanol–water partition coefficient (Wildman–Crippen LogP) is 1.50. The highest BCUT2D eigenvalue weighted by Crippen LogP contribution is 2.40. The van der Waals surface area contributed by atoms with E-state index in [2.05, 4.69) is 10.1 Å². The van der Waals surface area contributed by atoms with Gasteiger partial charge in [-0.3, -0.25) is 9.59 Å². The van der Waals surface area contributed by atoms with Crippen LogP contribution < -0.4 is 5.32 Å². The van der Waals surface area contributed by atoms with Crippen LogP contribution in [0.4, 0.5) is 5.69 Å². The molecule has 2 rings (SSSR count). The molecule has 0 radical (unpaired) electrons. The van der Waals surface area contributed by atoms with Gasteiger partial charge in [-0.1, -0.05) is 0 Å². The van der Waals surface area contributed by atoms with Crippen LogP contribution in [0.15, 0.2) is 5.38 Å². The van der Waals surface area contributed by atoms with Crippen LogP contribution in [0.2, 0.25) is 0 Å². The fraction of sp³-hybridized carbons (Fsp3) is 0.417. The molecule has 19 heavy (non-hydrogen) atoms. The van der Waals surface area contributed by atoms with Gasteiger partial charge in [0.2, 0.25) is 5.91 Å². The number of esters is 1. The van der Waals surface area contributed by atoms with E-state index in [9.17, 15) is 14.4 Å². The van der Waals surface area contributed by atoms with Crippen LogP contribution in [0.5, 0.6) is 0 Å². The van der Waals surface area contributed by atoms with Gasteiger partial charge >= 0.3 is 11.9 Å². The highest BCUT2D eigenvalue weighted by Gasteiger charge is 2.48. The number of hydrogen-bond donors (Lipinski definition) is 2. The lowest BCUT2D eigenvalue weighted by Crippen LogP contribution is -2.18. The lowest BCUT2D eigenvalue weighted by molar-refractivity contribution is -0.139. The molecule has 1 fully saturated rings. The maximum Gasteiger partial charge on any atom is 0.350 e. The first-order valence-corrected chi connectivity index (χ1v) is 6.53. The van der Waals surface area contributed by atoms with E-state index in [4.69, 9.17) is 5.11 Å². The average molecular weight is 283 g/mol. The van der Waals surface area contributed by atoms with Crippen molar-refractivity contribution in [1.29, 1.82) is 0 Å². The van der Waals surface area contributed by atoms with E-state index in [-0.39, 0.29) is 5.91 Å². The minimum atomic E-state index is -0.963. The van der Waals surface area contributed by atoms with E-state index in [0.29, 0.717) is 17.0 Å². The van der Waals surface area contributed by atoms with E-state index >= 15 is 0 Å². The fourth-order valence-corrected chi connectivity index (χ4v) is 2.74. The second-order valence-electron chi connectivity index (χ2n) is 4.39. The van der Waals surface area contributed by atoms with Gasteiger partial charge in [0.1, 0.15) is 4.88 Å². The van der Waals surface area contributed by atoms with Crippen LogP contribution >= 0.6 is 11.3 Å². The zero-order chi connectivity index (χ0) is 14.2. The summed E-state index contributed by atoms with van der Waals surface area (Å²) >= 11 is 1.18. The third kappa shape index (κ3) is 2.60. The van der Waals surface area contributed by atoms with Crippen LogP contribution in [0.3, 0.4) is 0 Å². The largest absolute Gasteiger partial charge is 0.481 e. The number of carbonyl (C=O) groups is 3. The minimum absolute atomic E-state index is 0.320. The summed E-state index contributed by atoms with van der Waals surface area (Å²) in [5.41, 5.74) is 1.17. The fourth-order valence-electron chi connectivity index (χ4n) is 1.82. The predicted molar refractivity (Wildman–Crippen MR) is 68.3 cm³/mol. The Morgan fingerprint density at radius 1 is 1.42 bits per heavy atom. The van der Waals surface area contributed by atoms with Crippen molar-refractivity contribution in [1.82, 2.24) is 0 Å². The second kappa shape index (κ2) is 5.00. The molecule has 0 spiro atoms. The van der Waals surface area contributed by atoms with Gasteiger partial charge in [-0.2, -0.15) is 0 Å². The average Bonchev–Trinajstić information content (AvgIpc) is 3.10. The third-order valence-electron chi connectivity index (χ3n) is 3.04. The number of thiophene rings is 1. The summed E-state index contributed by atoms with van der Waals surface area (Å²) in [4.78, 5) is 34.4. The van der Waals surface area contributed by atoms with Gasteiger partial charge < -0.3 is 15.2 Å². The number of carboxylic acid groups (broad SMARTS) is 1. The van der Waals surface area contributed by atoms with Crippen molar-refractivity contribution in [2.45, 2.75) is 13.3 Å². The number of rotatable bonds is 4. The highest BCUT2D eigenvalue weighted by atomic mass is 32.1. The zero-order valence-corrected chi connectivity index (χ0v) is 11.2. The van der Waals surface area contributed by atoms with Crippen LogP contribution in [0.1, 0.15) is 21.7 Å². The van der Waals surface area contributed by atoms with Crippen molar-refractivity contribution in [2.24, 2.45) is 11.8 Å². The van der Waals surface area contributed by atoms with E-state index in [1.165, 1.54) is 18.4 Å². The van der Waals surface area contributed by atoms with Crippen molar-refractivity contribution >= 4 is 34.9 Å². The number of aryl methyl sites for hydroxylation is 1. The summed E-state index contributed by atoms with van der Waals surface area (Å²) in [6.45, 7) is 1.76. The number of carboxylic acids is 1. The number of nitrogens with one attached hydrogen (secondary N) is 1. The number of amides is 1. The molecular weight excluding hydrogens is 270 g/mol. The lowest BCUT2D eigenvalue weighted by atomic mass is 10.2. The van der Waals surface area contributed by atoms with Crippen molar-refractivity contribution in [2.75, 3.05) is 12.4 Å². The maximum absolute atomic E-state index is 11.9. The standard InChI is InChI=1S/C12H13NO5S/c1-5-4-19-9(12(17)18-2)8(5)13-10(14)6-3-7(6)11(15)16/h4,6-7H,3H2,1-2H3,(H,13,14)(H,15,16). The molecular formula is C12H13NO5S. The van der Waals surface area contributed by atoms with E-state index < -0.39 is 23.8 Å². The van der Waals surface area contributed by atoms with Gasteiger partial charge in [0.05, 0.1) is 24.6 Å². The molecule has 1 amide bonds. The van der Waals surface area contributed by atoms with Gasteiger partial charge in [0, 0.05) is 0 Å². The van der Waals surface area contributed by atoms with Crippen molar-refractivity contribution < 1.29 is 24.2 Å². The number of ether oxygens (including phenoxy) is 1. The molecule has 102 valence electrons. The molecule has 0 aliphatic heterocycles. The zero-order valence-electron chi connectivity index (χ0n) is 10.4. The Morgan fingerprint density at radius 3 is 2.63 bits per heavy atom. The van der Waals surface area contributed by atoms with Gasteiger partial charge in [0.25, 0.3) is 0 Å². The summed E-state index contributed by atoms with van der Waals surface area (Å²) in [5.74, 6) is -2.96. The lowest BCUT2D eigenvalue weighted by Gasteiger charge is -2.06. The number of methoxy groups -OCH3 is 1. The molecule has 2 atom stereocenters. The Morgan fingerprint density at radius 2 is 2.11 bits per heavy atom. The Kier molecular flexibility index (Phi) is 3.57. The first-order valence-electron chi connectivity index (χ1n) is 5.65. The van der Waals surface area contributed by atoms with Gasteiger partial charge in [-0.15, -0.1) is 11.3 Å². The number of aliphatic carboxylic acids is 1. The first kappa shape index (κ1) is 13.5. The Bertz CT molecular complexity index is 550. The molecule has 0 aromatic carbocycles. The van der Waals surface area contributed by atoms with E-state index in [1.54, 1.807) is 12.3 Å². The first-order chi connectivity index (χ1) is 8.95. The van der Waals surface area contributed by atoms with Crippen LogP contribution in [-0.2, 0) is 14.3 Å². The maximum atomic E-state index is 11.9. The highest BCUT2D eigenvalue weighted by molar-refractivity contribution is 7.12. The second-order valence-corrected chi connectivity index (χ2v) is 5.27. The summed E-state index contributed by atoms with van der Waals surface area (Å²) in [5, 5.41) is 13.1. The van der Waals surface area contributed by atoms with E-state index in [1.807, 2.05) is 0 Å². The monoisotopic (exact) mass is 283 g/mol. The van der Waals surface area contributed by atoms with Crippen molar-refractivity contribution in [3.8, 4) is 0 Å². The normalized spacial score (nSPS) is 20.7. The van der Waals surface area contributed by atoms with Crippen LogP contribution in [-0.4, -0.2) is 30.1 Å². The Hall–Kier alpha value is -1.89. The number of anilines is 1. The summed E-state index contributed by atoms with van der Waals surface area (Å²) in [7, 11) is 1.27. The molecule has 1 saturated carbocycles. The molecule has 0 saturated heterocycles. The SMILES string of the molecule is COC(=O)c1scc(C)c1NC(=O)C1CC1C(=O)O. The third-order valence-corrected chi connectivity index (χ3v) is 4.12. The molecule has 1 aromatic rings. The molecule has 1 aliphatic carbocycles. The van der Waals surface area contributed by atoms with Crippen LogP contribution in [0.25, 0.3) is 0 Å². The van der Waals surface area contributed by atoms with Gasteiger partial charge in [0.15, 0.2) is 0 Å². The summed E-state index contributed by atoms with van der Waals surface area (Å²) in [6.07, 6.45) is 0.345. The van der Waals surface area contributed by atoms with Gasteiger partial charge in [-0.25, -0.2) is 4.79 Å². The molecule has 7 heteroatoms. The number of hydrogen-bond acceptors (Lipinski definition) is 5. The van der Waals surface area contributed by atoms with Gasteiger partial charge in [-0.05, 0) is 24.3 Å². The molecule has 1 aliphatic rings. The van der Waals surface area contributed by atoms with Crippen molar-refractivity contribution in [3.05, 3.63) is 15.8 Å². The van der Waals surface area contributed by atoms with Crippen LogP contribution in [0, 0.1) is 18.8 Å². The Balaban J connectivity index is 2.11. The molecule has 6 nitrogen and oxygen atoms in total. The summed E-state index contributed by atoms with van der Waals surface area (Å²) < 4.78 is 4.63. The Labute approximate surface area is 113 Å². The van der Waals surface area contributed by atoms with Crippen molar-refractivity contribution in [3.63, 3.8) is 0 Å². The molecule has 1 aromatic heterocycles. The summed E-state index contributed by atoms with van der Waals surface area (Å²) in [6, 6.07) is 0. The molecule has 0 bridgehead atoms. The number of carbonyl (C=O) groups excluding carboxylic acids is 2. The smallest absolute Gasteiger partial charge is 0.350 e. The quantitative estimate of drug-likeness (QED) is 0.817. The molecule has 2 N–H and O–H groups in total. The minimum Gasteiger partial charge on any atom is -0.481 e. The molecule has 2 unspecified atom stereocenters. The molecule has 1 heterocycles. The topological polar surface area (TPSA) is 92.7 Å². The van der Waals surface area contributed by atoms with E-state index in [0.717, 1.165) is 5.56 Å².